The zero-order valence-corrected chi connectivity index (χ0v) is 12.1. The second-order valence-corrected chi connectivity index (χ2v) is 5.53. The number of nitrogens with one attached hydrogen (secondary N) is 2. The van der Waals surface area contributed by atoms with Gasteiger partial charge in [0.25, 0.3) is 0 Å². The third-order valence-electron chi connectivity index (χ3n) is 3.29. The van der Waals surface area contributed by atoms with Gasteiger partial charge < -0.3 is 5.32 Å². The van der Waals surface area contributed by atoms with Crippen molar-refractivity contribution in [2.75, 3.05) is 5.32 Å². The molecule has 1 aromatic carbocycles. The van der Waals surface area contributed by atoms with Gasteiger partial charge in [-0.1, -0.05) is 12.1 Å². The zero-order valence-electron chi connectivity index (χ0n) is 11.2. The summed E-state index contributed by atoms with van der Waals surface area (Å²) in [5.74, 6) is 0.447. The van der Waals surface area contributed by atoms with Gasteiger partial charge in [-0.2, -0.15) is 5.10 Å². The van der Waals surface area contributed by atoms with E-state index in [1.165, 1.54) is 29.8 Å². The number of nitrogens with zero attached hydrogens (tertiary/aromatic N) is 3. The summed E-state index contributed by atoms with van der Waals surface area (Å²) in [5.41, 5.74) is 2.72. The Labute approximate surface area is 128 Å². The number of anilines is 2. The SMILES string of the molecule is Fc1ccc(-c2csc3ncnc(Nc4cn[nH]c4)c23)cc1. The number of H-pyrrole nitrogens is 1. The van der Waals surface area contributed by atoms with Crippen molar-refractivity contribution in [1.82, 2.24) is 20.2 Å². The molecule has 0 aliphatic rings. The van der Waals surface area contributed by atoms with E-state index in [0.717, 1.165) is 27.0 Å². The summed E-state index contributed by atoms with van der Waals surface area (Å²) in [4.78, 5) is 9.51. The molecule has 3 aromatic heterocycles. The first-order valence-corrected chi connectivity index (χ1v) is 7.43. The van der Waals surface area contributed by atoms with Crippen LogP contribution in [0.1, 0.15) is 0 Å². The number of hydrogen-bond acceptors (Lipinski definition) is 5. The van der Waals surface area contributed by atoms with Crippen molar-refractivity contribution in [2.45, 2.75) is 0 Å². The molecule has 108 valence electrons. The number of thiophene rings is 1. The minimum atomic E-state index is -0.253. The zero-order chi connectivity index (χ0) is 14.9. The van der Waals surface area contributed by atoms with Crippen LogP contribution in [0.25, 0.3) is 21.3 Å². The third kappa shape index (κ3) is 2.21. The van der Waals surface area contributed by atoms with Gasteiger partial charge in [0.05, 0.1) is 17.3 Å². The molecule has 0 aliphatic heterocycles. The Kier molecular flexibility index (Phi) is 3.05. The van der Waals surface area contributed by atoms with Crippen LogP contribution in [0.15, 0.2) is 48.4 Å². The molecule has 22 heavy (non-hydrogen) atoms. The quantitative estimate of drug-likeness (QED) is 0.601. The molecule has 0 aliphatic carbocycles. The fraction of sp³-hybridized carbons (Fsp3) is 0. The van der Waals surface area contributed by atoms with Crippen molar-refractivity contribution in [1.29, 1.82) is 0 Å². The minimum Gasteiger partial charge on any atom is -0.337 e. The van der Waals surface area contributed by atoms with Gasteiger partial charge in [-0.15, -0.1) is 11.3 Å². The van der Waals surface area contributed by atoms with Crippen LogP contribution in [0.2, 0.25) is 0 Å². The van der Waals surface area contributed by atoms with Gasteiger partial charge in [0.15, 0.2) is 0 Å². The van der Waals surface area contributed by atoms with Gasteiger partial charge in [0.1, 0.15) is 22.8 Å². The molecule has 4 rings (SSSR count). The Morgan fingerprint density at radius 3 is 2.77 bits per heavy atom. The molecule has 0 atom stereocenters. The summed E-state index contributed by atoms with van der Waals surface area (Å²) < 4.78 is 13.1. The predicted octanol–water partition coefficient (Wildman–Crippen LogP) is 3.96. The molecule has 0 bridgehead atoms. The van der Waals surface area contributed by atoms with Gasteiger partial charge in [0.2, 0.25) is 0 Å². The Hall–Kier alpha value is -2.80. The van der Waals surface area contributed by atoms with Crippen molar-refractivity contribution < 1.29 is 4.39 Å². The summed E-state index contributed by atoms with van der Waals surface area (Å²) in [5, 5.41) is 12.8. The molecular formula is C15H10FN5S. The van der Waals surface area contributed by atoms with E-state index in [9.17, 15) is 4.39 Å². The van der Waals surface area contributed by atoms with Crippen LogP contribution in [-0.4, -0.2) is 20.2 Å². The molecule has 0 fully saturated rings. The fourth-order valence-corrected chi connectivity index (χ4v) is 3.18. The van der Waals surface area contributed by atoms with E-state index in [2.05, 4.69) is 25.5 Å². The van der Waals surface area contributed by atoms with E-state index in [1.807, 2.05) is 5.38 Å². The van der Waals surface area contributed by atoms with Crippen molar-refractivity contribution in [3.63, 3.8) is 0 Å². The molecule has 7 heteroatoms. The van der Waals surface area contributed by atoms with Gasteiger partial charge in [-0.25, -0.2) is 14.4 Å². The number of benzene rings is 1. The maximum absolute atomic E-state index is 13.1. The second-order valence-electron chi connectivity index (χ2n) is 4.67. The Bertz CT molecular complexity index is 915. The summed E-state index contributed by atoms with van der Waals surface area (Å²) in [6, 6.07) is 6.41. The average molecular weight is 311 g/mol. The van der Waals surface area contributed by atoms with Crippen LogP contribution in [-0.2, 0) is 0 Å². The second kappa shape index (κ2) is 5.19. The predicted molar refractivity (Wildman–Crippen MR) is 84.7 cm³/mol. The molecule has 0 amide bonds. The lowest BCUT2D eigenvalue weighted by molar-refractivity contribution is 0.628. The lowest BCUT2D eigenvalue weighted by Gasteiger charge is -2.06. The lowest BCUT2D eigenvalue weighted by atomic mass is 10.1. The topological polar surface area (TPSA) is 66.5 Å². The lowest BCUT2D eigenvalue weighted by Crippen LogP contribution is -1.94. The smallest absolute Gasteiger partial charge is 0.143 e. The summed E-state index contributed by atoms with van der Waals surface area (Å²) in [6.07, 6.45) is 4.95. The molecule has 0 spiro atoms. The molecule has 0 saturated carbocycles. The van der Waals surface area contributed by atoms with E-state index >= 15 is 0 Å². The first kappa shape index (κ1) is 12.9. The summed E-state index contributed by atoms with van der Waals surface area (Å²) in [7, 11) is 0. The monoisotopic (exact) mass is 311 g/mol. The average Bonchev–Trinajstić information content (AvgIpc) is 3.18. The van der Waals surface area contributed by atoms with Crippen LogP contribution >= 0.6 is 11.3 Å². The van der Waals surface area contributed by atoms with Crippen molar-refractivity contribution in [2.24, 2.45) is 0 Å². The van der Waals surface area contributed by atoms with Gasteiger partial charge in [0, 0.05) is 17.1 Å². The molecular weight excluding hydrogens is 301 g/mol. The molecule has 0 saturated heterocycles. The number of halogens is 1. The highest BCUT2D eigenvalue weighted by atomic mass is 32.1. The fourth-order valence-electron chi connectivity index (χ4n) is 2.27. The highest BCUT2D eigenvalue weighted by Gasteiger charge is 2.13. The van der Waals surface area contributed by atoms with E-state index in [4.69, 9.17) is 0 Å². The summed E-state index contributed by atoms with van der Waals surface area (Å²) in [6.45, 7) is 0. The highest BCUT2D eigenvalue weighted by Crippen LogP contribution is 2.37. The molecule has 3 heterocycles. The van der Waals surface area contributed by atoms with Gasteiger partial charge in [-0.05, 0) is 17.7 Å². The summed E-state index contributed by atoms with van der Waals surface area (Å²) >= 11 is 1.53. The number of hydrogen-bond donors (Lipinski definition) is 2. The Morgan fingerprint density at radius 1 is 1.14 bits per heavy atom. The number of aromatic nitrogens is 4. The standard InChI is InChI=1S/C15H10FN5S/c16-10-3-1-9(2-4-10)12-7-22-15-13(12)14(17-8-18-15)21-11-5-19-20-6-11/h1-8H,(H,19,20)(H,17,18,21). The number of aromatic amines is 1. The highest BCUT2D eigenvalue weighted by molar-refractivity contribution is 7.17. The third-order valence-corrected chi connectivity index (χ3v) is 4.17. The van der Waals surface area contributed by atoms with Gasteiger partial charge >= 0.3 is 0 Å². The normalized spacial score (nSPS) is 11.0. The number of fused-ring (bicyclic) bond motifs is 1. The molecule has 4 aromatic rings. The van der Waals surface area contributed by atoms with E-state index in [1.54, 1.807) is 24.5 Å². The van der Waals surface area contributed by atoms with E-state index < -0.39 is 0 Å². The van der Waals surface area contributed by atoms with E-state index in [0.29, 0.717) is 5.82 Å². The van der Waals surface area contributed by atoms with Crippen LogP contribution < -0.4 is 5.32 Å². The first-order chi connectivity index (χ1) is 10.8. The van der Waals surface area contributed by atoms with Crippen molar-refractivity contribution in [3.8, 4) is 11.1 Å². The van der Waals surface area contributed by atoms with Gasteiger partial charge in [-0.3, -0.25) is 5.10 Å². The number of rotatable bonds is 3. The minimum absolute atomic E-state index is 0.253. The largest absolute Gasteiger partial charge is 0.337 e. The van der Waals surface area contributed by atoms with Crippen LogP contribution in [0, 0.1) is 5.82 Å². The first-order valence-electron chi connectivity index (χ1n) is 6.55. The Balaban J connectivity index is 1.87. The molecule has 2 N–H and O–H groups in total. The van der Waals surface area contributed by atoms with Crippen LogP contribution in [0.3, 0.4) is 0 Å². The Morgan fingerprint density at radius 2 is 2.00 bits per heavy atom. The van der Waals surface area contributed by atoms with E-state index in [-0.39, 0.29) is 5.82 Å². The maximum atomic E-state index is 13.1. The van der Waals surface area contributed by atoms with Crippen LogP contribution in [0.5, 0.6) is 0 Å². The molecule has 0 radical (unpaired) electrons. The van der Waals surface area contributed by atoms with Crippen molar-refractivity contribution in [3.05, 3.63) is 54.2 Å². The van der Waals surface area contributed by atoms with Crippen molar-refractivity contribution >= 4 is 33.1 Å². The molecule has 0 unspecified atom stereocenters. The molecule has 5 nitrogen and oxygen atoms in total. The van der Waals surface area contributed by atoms with Crippen LogP contribution in [0.4, 0.5) is 15.9 Å². The maximum Gasteiger partial charge on any atom is 0.143 e.